The zero-order chi connectivity index (χ0) is 35.3. The Balaban J connectivity index is 1.46. The zero-order valence-corrected chi connectivity index (χ0v) is 28.5. The van der Waals surface area contributed by atoms with Crippen LogP contribution in [0, 0.1) is 0 Å². The first kappa shape index (κ1) is 36.1. The van der Waals surface area contributed by atoms with Gasteiger partial charge < -0.3 is 20.7 Å². The summed E-state index contributed by atoms with van der Waals surface area (Å²) in [6.07, 6.45) is -2.19. The summed E-state index contributed by atoms with van der Waals surface area (Å²) in [4.78, 5) is 42.0. The molecule has 1 aliphatic heterocycles. The third kappa shape index (κ3) is 9.47. The van der Waals surface area contributed by atoms with E-state index in [0.29, 0.717) is 17.9 Å². The molecule has 49 heavy (non-hydrogen) atoms. The number of halogens is 5. The molecule has 0 radical (unpaired) electrons. The number of alkyl halides is 3. The number of pyridine rings is 1. The van der Waals surface area contributed by atoms with Gasteiger partial charge >= 0.3 is 12.2 Å². The van der Waals surface area contributed by atoms with Crippen LogP contribution in [0.5, 0.6) is 0 Å². The standard InChI is InChI=1S/C33H35Cl2F3N8O3/c1-32(2,3)45-31(48)44-28-22(17-20-18-40-30(43-27(20)42-28)39-10-5-11-46-12-14-49-15-13-46)25-23(34)8-9-24(26(25)35)41-29(47)19-6-4-7-21(16-19)33(36,37)38/h4,6-9,16-18H,5,10-15H2,1-3H3,(H,41,47)(H3,39,40,42,43,44,45,48). The summed E-state index contributed by atoms with van der Waals surface area (Å²) in [6, 6.07) is 8.00. The number of carbonyl (C=O) groups is 2. The molecule has 16 heteroatoms. The van der Waals surface area contributed by atoms with E-state index in [2.05, 4.69) is 41.1 Å². The Bertz CT molecular complexity index is 1850. The number of carbonyl (C=O) groups excluding carboxylic acids is 2. The van der Waals surface area contributed by atoms with Gasteiger partial charge in [-0.2, -0.15) is 18.2 Å². The minimum absolute atomic E-state index is 0.0345. The van der Waals surface area contributed by atoms with E-state index in [0.717, 1.165) is 57.5 Å². The molecule has 4 N–H and O–H groups in total. The lowest BCUT2D eigenvalue weighted by molar-refractivity contribution is -0.137. The van der Waals surface area contributed by atoms with E-state index in [1.54, 1.807) is 12.3 Å². The number of nitrogens with one attached hydrogen (secondary N) is 4. The summed E-state index contributed by atoms with van der Waals surface area (Å²) in [5, 5.41) is 12.0. The van der Waals surface area contributed by atoms with Gasteiger partial charge in [-0.15, -0.1) is 0 Å². The van der Waals surface area contributed by atoms with Crippen LogP contribution in [0.1, 0.15) is 43.1 Å². The number of ether oxygens (including phenoxy) is 1. The molecule has 0 bridgehead atoms. The van der Waals surface area contributed by atoms with Crippen LogP contribution in [0.25, 0.3) is 22.2 Å². The minimum atomic E-state index is -4.63. The van der Waals surface area contributed by atoms with E-state index >= 15 is 0 Å². The Labute approximate surface area is 290 Å². The Kier molecular flexibility index (Phi) is 11.1. The fourth-order valence-electron chi connectivity index (χ4n) is 5.07. The molecule has 5 rings (SSSR count). The summed E-state index contributed by atoms with van der Waals surface area (Å²) >= 11 is 13.5. The van der Waals surface area contributed by atoms with Crippen LogP contribution in [0.15, 0.2) is 48.7 Å². The van der Waals surface area contributed by atoms with E-state index in [1.807, 2.05) is 20.8 Å². The number of fused-ring (bicyclic) bond motifs is 1. The van der Waals surface area contributed by atoms with Gasteiger partial charge in [0.25, 0.3) is 5.91 Å². The van der Waals surface area contributed by atoms with Gasteiger partial charge in [-0.1, -0.05) is 29.3 Å². The van der Waals surface area contributed by atoms with Gasteiger partial charge in [0, 0.05) is 53.4 Å². The second kappa shape index (κ2) is 15.1. The molecule has 11 nitrogen and oxygen atoms in total. The molecular formula is C33H35Cl2F3N8O3. The number of rotatable bonds is 9. The van der Waals surface area contributed by atoms with Crippen LogP contribution in [-0.2, 0) is 10.9 Å². The molecule has 0 aliphatic carbocycles. The van der Waals surface area contributed by atoms with E-state index < -0.39 is 29.2 Å². The number of benzene rings is 2. The van der Waals surface area contributed by atoms with E-state index in [-0.39, 0.29) is 43.9 Å². The molecule has 0 spiro atoms. The smallest absolute Gasteiger partial charge is 0.379 e. The van der Waals surface area contributed by atoms with E-state index in [1.165, 1.54) is 18.2 Å². The largest absolute Gasteiger partial charge is 0.416 e. The molecule has 2 aromatic heterocycles. The van der Waals surface area contributed by atoms with Crippen molar-refractivity contribution in [1.82, 2.24) is 25.2 Å². The molecule has 0 unspecified atom stereocenters. The molecule has 0 saturated carbocycles. The van der Waals surface area contributed by atoms with Crippen LogP contribution in [0.2, 0.25) is 10.0 Å². The van der Waals surface area contributed by atoms with Gasteiger partial charge in [0.2, 0.25) is 5.95 Å². The topological polar surface area (TPSA) is 133 Å². The predicted molar refractivity (Wildman–Crippen MR) is 184 cm³/mol. The maximum Gasteiger partial charge on any atom is 0.416 e. The molecule has 4 aromatic rings. The summed E-state index contributed by atoms with van der Waals surface area (Å²) in [7, 11) is 0. The molecule has 0 atom stereocenters. The van der Waals surface area contributed by atoms with Crippen LogP contribution in [0.4, 0.5) is 35.4 Å². The van der Waals surface area contributed by atoms with E-state index in [4.69, 9.17) is 27.9 Å². The maximum absolute atomic E-state index is 13.3. The third-order valence-electron chi connectivity index (χ3n) is 7.39. The van der Waals surface area contributed by atoms with Gasteiger partial charge in [-0.25, -0.2) is 14.8 Å². The first-order valence-electron chi connectivity index (χ1n) is 15.5. The van der Waals surface area contributed by atoms with Gasteiger partial charge in [-0.05, 0) is 70.1 Å². The zero-order valence-electron chi connectivity index (χ0n) is 27.0. The quantitative estimate of drug-likeness (QED) is 0.132. The second-order valence-corrected chi connectivity index (χ2v) is 13.2. The Morgan fingerprint density at radius 2 is 1.76 bits per heavy atom. The SMILES string of the molecule is CC(C)(C)NC(=O)Nc1nc2nc(NCCCN3CCOCC3)ncc2cc1-c1c(Cl)ccc(NC(=O)c2cccc(C(F)(F)F)c2)c1Cl. The highest BCUT2D eigenvalue weighted by Gasteiger charge is 2.31. The number of morpholine rings is 1. The van der Waals surface area contributed by atoms with Crippen molar-refractivity contribution in [1.29, 1.82) is 0 Å². The number of urea groups is 1. The Morgan fingerprint density at radius 1 is 1.00 bits per heavy atom. The van der Waals surface area contributed by atoms with Gasteiger partial charge in [0.15, 0.2) is 5.65 Å². The average Bonchev–Trinajstić information content (AvgIpc) is 3.04. The monoisotopic (exact) mass is 718 g/mol. The van der Waals surface area contributed by atoms with Crippen LogP contribution < -0.4 is 21.3 Å². The van der Waals surface area contributed by atoms with Gasteiger partial charge in [0.1, 0.15) is 5.82 Å². The van der Waals surface area contributed by atoms with Crippen molar-refractivity contribution < 1.29 is 27.5 Å². The summed E-state index contributed by atoms with van der Waals surface area (Å²) < 4.78 is 45.2. The number of anilines is 3. The fourth-order valence-corrected chi connectivity index (χ4v) is 5.69. The van der Waals surface area contributed by atoms with Crippen LogP contribution in [0.3, 0.4) is 0 Å². The van der Waals surface area contributed by atoms with Crippen molar-refractivity contribution in [2.24, 2.45) is 0 Å². The number of hydrogen-bond acceptors (Lipinski definition) is 8. The molecule has 2 aromatic carbocycles. The highest BCUT2D eigenvalue weighted by Crippen LogP contribution is 2.43. The van der Waals surface area contributed by atoms with Gasteiger partial charge in [-0.3, -0.25) is 15.0 Å². The fraction of sp³-hybridized carbons (Fsp3) is 0.364. The Morgan fingerprint density at radius 3 is 2.47 bits per heavy atom. The summed E-state index contributed by atoms with van der Waals surface area (Å²) in [5.41, 5.74) is -0.928. The summed E-state index contributed by atoms with van der Waals surface area (Å²) in [5.74, 6) is -0.397. The molecule has 260 valence electrons. The average molecular weight is 720 g/mol. The normalized spacial score (nSPS) is 14.0. The molecular weight excluding hydrogens is 684 g/mol. The van der Waals surface area contributed by atoms with Crippen molar-refractivity contribution in [2.75, 3.05) is 55.3 Å². The minimum Gasteiger partial charge on any atom is -0.379 e. The van der Waals surface area contributed by atoms with Crippen molar-refractivity contribution in [3.8, 4) is 11.1 Å². The van der Waals surface area contributed by atoms with Crippen LogP contribution in [-0.4, -0.2) is 76.7 Å². The van der Waals surface area contributed by atoms with Crippen molar-refractivity contribution in [2.45, 2.75) is 38.9 Å². The predicted octanol–water partition coefficient (Wildman–Crippen LogP) is 7.32. The van der Waals surface area contributed by atoms with Crippen molar-refractivity contribution in [3.63, 3.8) is 0 Å². The summed E-state index contributed by atoms with van der Waals surface area (Å²) in [6.45, 7) is 10.2. The van der Waals surface area contributed by atoms with Crippen molar-refractivity contribution in [3.05, 3.63) is 69.8 Å². The van der Waals surface area contributed by atoms with Gasteiger partial charge in [0.05, 0.1) is 34.5 Å². The molecule has 3 heterocycles. The molecule has 1 saturated heterocycles. The van der Waals surface area contributed by atoms with Crippen molar-refractivity contribution >= 4 is 63.6 Å². The first-order valence-corrected chi connectivity index (χ1v) is 16.2. The molecule has 1 fully saturated rings. The van der Waals surface area contributed by atoms with E-state index in [9.17, 15) is 22.8 Å². The number of aromatic nitrogens is 3. The molecule has 3 amide bonds. The first-order chi connectivity index (χ1) is 23.2. The lowest BCUT2D eigenvalue weighted by atomic mass is 10.0. The lowest BCUT2D eigenvalue weighted by Gasteiger charge is -2.26. The molecule has 1 aliphatic rings. The number of amides is 3. The Hall–Kier alpha value is -4.24. The second-order valence-electron chi connectivity index (χ2n) is 12.4. The highest BCUT2D eigenvalue weighted by molar-refractivity contribution is 6.41. The number of nitrogens with zero attached hydrogens (tertiary/aromatic N) is 4. The highest BCUT2D eigenvalue weighted by atomic mass is 35.5. The lowest BCUT2D eigenvalue weighted by Crippen LogP contribution is -2.43. The third-order valence-corrected chi connectivity index (χ3v) is 8.10. The maximum atomic E-state index is 13.3. The van der Waals surface area contributed by atoms with Crippen LogP contribution >= 0.6 is 23.2 Å². The number of hydrogen-bond donors (Lipinski definition) is 4.